The third-order valence-electron chi connectivity index (χ3n) is 2.99. The van der Waals surface area contributed by atoms with Gasteiger partial charge in [-0.15, -0.1) is 5.10 Å². The van der Waals surface area contributed by atoms with E-state index in [2.05, 4.69) is 29.1 Å². The van der Waals surface area contributed by atoms with Crippen molar-refractivity contribution in [3.05, 3.63) is 4.77 Å². The maximum Gasteiger partial charge on any atom is 0.225 e. The van der Waals surface area contributed by atoms with E-state index in [-0.39, 0.29) is 0 Å². The van der Waals surface area contributed by atoms with Gasteiger partial charge in [-0.1, -0.05) is 0 Å². The van der Waals surface area contributed by atoms with Crippen LogP contribution in [0.1, 0.15) is 26.2 Å². The van der Waals surface area contributed by atoms with Gasteiger partial charge in [0.15, 0.2) is 4.77 Å². The van der Waals surface area contributed by atoms with Crippen LogP contribution >= 0.6 is 12.2 Å². The van der Waals surface area contributed by atoms with Gasteiger partial charge in [-0.25, -0.2) is 5.10 Å². The highest BCUT2D eigenvalue weighted by molar-refractivity contribution is 7.71. The van der Waals surface area contributed by atoms with Gasteiger partial charge in [-0.3, -0.25) is 4.57 Å². The number of rotatable bonds is 3. The Hall–Kier alpha value is -0.840. The van der Waals surface area contributed by atoms with E-state index in [0.29, 0.717) is 10.8 Å². The molecule has 78 valence electrons. The number of aromatic nitrogens is 3. The van der Waals surface area contributed by atoms with Crippen LogP contribution in [0.15, 0.2) is 0 Å². The molecular weight excluding hydrogens is 196 g/mol. The van der Waals surface area contributed by atoms with E-state index in [4.69, 9.17) is 12.2 Å². The fourth-order valence-electron chi connectivity index (χ4n) is 1.80. The molecule has 0 spiro atoms. The zero-order valence-corrected chi connectivity index (χ0v) is 9.47. The monoisotopic (exact) mass is 212 g/mol. The minimum Gasteiger partial charge on any atom is -0.341 e. The van der Waals surface area contributed by atoms with Crippen LogP contribution in [-0.4, -0.2) is 27.9 Å². The zero-order chi connectivity index (χ0) is 10.1. The first-order valence-corrected chi connectivity index (χ1v) is 5.53. The third-order valence-corrected chi connectivity index (χ3v) is 3.30. The van der Waals surface area contributed by atoms with E-state index >= 15 is 0 Å². The van der Waals surface area contributed by atoms with Gasteiger partial charge in [0.05, 0.1) is 0 Å². The lowest BCUT2D eigenvalue weighted by Crippen LogP contribution is -2.38. The molecule has 5 heteroatoms. The number of aromatic amines is 1. The summed E-state index contributed by atoms with van der Waals surface area (Å²) < 4.78 is 2.75. The summed E-state index contributed by atoms with van der Waals surface area (Å²) in [6.45, 7) is 2.96. The number of nitrogens with one attached hydrogen (secondary N) is 1. The normalized spacial score (nSPS) is 16.7. The molecule has 1 aliphatic rings. The van der Waals surface area contributed by atoms with Crippen LogP contribution in [0, 0.1) is 4.77 Å². The smallest absolute Gasteiger partial charge is 0.225 e. The van der Waals surface area contributed by atoms with Crippen LogP contribution in [0.25, 0.3) is 0 Å². The van der Waals surface area contributed by atoms with Gasteiger partial charge in [0.25, 0.3) is 0 Å². The van der Waals surface area contributed by atoms with Crippen LogP contribution in [0.2, 0.25) is 0 Å². The highest BCUT2D eigenvalue weighted by atomic mass is 32.1. The predicted octanol–water partition coefficient (Wildman–Crippen LogP) is 1.95. The van der Waals surface area contributed by atoms with E-state index < -0.39 is 0 Å². The number of hydrogen-bond donors (Lipinski definition) is 1. The molecule has 0 bridgehead atoms. The van der Waals surface area contributed by atoms with Crippen molar-refractivity contribution < 1.29 is 0 Å². The molecule has 1 aromatic heterocycles. The fourth-order valence-corrected chi connectivity index (χ4v) is 2.06. The molecule has 0 atom stereocenters. The van der Waals surface area contributed by atoms with E-state index in [1.54, 1.807) is 0 Å². The Balaban J connectivity index is 2.25. The van der Waals surface area contributed by atoms with Gasteiger partial charge in [-0.2, -0.15) is 0 Å². The van der Waals surface area contributed by atoms with Gasteiger partial charge in [0.2, 0.25) is 5.95 Å². The quantitative estimate of drug-likeness (QED) is 0.778. The summed E-state index contributed by atoms with van der Waals surface area (Å²) in [6.07, 6.45) is 3.89. The second kappa shape index (κ2) is 3.73. The topological polar surface area (TPSA) is 36.9 Å². The van der Waals surface area contributed by atoms with Crippen molar-refractivity contribution in [3.63, 3.8) is 0 Å². The van der Waals surface area contributed by atoms with Gasteiger partial charge >= 0.3 is 0 Å². The number of nitrogens with zero attached hydrogens (tertiary/aromatic N) is 3. The standard InChI is InChI=1S/C9H16N4S/c1-3-13-8(10-11-9(13)14)12(2)7-5-4-6-7/h7H,3-6H2,1-2H3,(H,11,14). The molecular formula is C9H16N4S. The summed E-state index contributed by atoms with van der Waals surface area (Å²) in [5.41, 5.74) is 0. The lowest BCUT2D eigenvalue weighted by molar-refractivity contribution is 0.394. The maximum absolute atomic E-state index is 5.15. The average molecular weight is 212 g/mol. The van der Waals surface area contributed by atoms with Crippen molar-refractivity contribution >= 4 is 18.2 Å². The second-order valence-corrected chi connectivity index (χ2v) is 4.16. The molecule has 1 N–H and O–H groups in total. The predicted molar refractivity (Wildman–Crippen MR) is 59.1 cm³/mol. The molecule has 0 saturated heterocycles. The molecule has 4 nitrogen and oxygen atoms in total. The summed E-state index contributed by atoms with van der Waals surface area (Å²) in [5, 5.41) is 7.11. The van der Waals surface area contributed by atoms with Crippen molar-refractivity contribution in [1.29, 1.82) is 0 Å². The Morgan fingerprint density at radius 3 is 2.86 bits per heavy atom. The molecule has 1 aromatic rings. The van der Waals surface area contributed by atoms with Crippen molar-refractivity contribution in [2.45, 2.75) is 38.8 Å². The molecule has 1 fully saturated rings. The van der Waals surface area contributed by atoms with Gasteiger partial charge < -0.3 is 4.90 Å². The van der Waals surface area contributed by atoms with E-state index in [9.17, 15) is 0 Å². The first-order chi connectivity index (χ1) is 6.74. The first-order valence-electron chi connectivity index (χ1n) is 5.12. The van der Waals surface area contributed by atoms with Crippen LogP contribution in [0.3, 0.4) is 0 Å². The molecule has 0 aromatic carbocycles. The second-order valence-electron chi connectivity index (χ2n) is 3.77. The van der Waals surface area contributed by atoms with Crippen molar-refractivity contribution in [2.75, 3.05) is 11.9 Å². The van der Waals surface area contributed by atoms with Crippen molar-refractivity contribution in [2.24, 2.45) is 0 Å². The molecule has 14 heavy (non-hydrogen) atoms. The Morgan fingerprint density at radius 1 is 1.64 bits per heavy atom. The van der Waals surface area contributed by atoms with Crippen LogP contribution < -0.4 is 4.90 Å². The SMILES string of the molecule is CCn1c(N(C)C2CCC2)n[nH]c1=S. The largest absolute Gasteiger partial charge is 0.341 e. The summed E-state index contributed by atoms with van der Waals surface area (Å²) in [7, 11) is 2.10. The fraction of sp³-hybridized carbons (Fsp3) is 0.778. The molecule has 1 aliphatic carbocycles. The minimum atomic E-state index is 0.658. The Kier molecular flexibility index (Phi) is 2.58. The molecule has 0 aliphatic heterocycles. The number of anilines is 1. The number of hydrogen-bond acceptors (Lipinski definition) is 3. The average Bonchev–Trinajstić information content (AvgIpc) is 2.43. The Labute approximate surface area is 88.9 Å². The van der Waals surface area contributed by atoms with Crippen LogP contribution in [-0.2, 0) is 6.54 Å². The summed E-state index contributed by atoms with van der Waals surface area (Å²) >= 11 is 5.15. The highest BCUT2D eigenvalue weighted by Crippen LogP contribution is 2.26. The minimum absolute atomic E-state index is 0.658. The highest BCUT2D eigenvalue weighted by Gasteiger charge is 2.25. The van der Waals surface area contributed by atoms with Gasteiger partial charge in [0, 0.05) is 19.6 Å². The van der Waals surface area contributed by atoms with Gasteiger partial charge in [-0.05, 0) is 38.4 Å². The van der Waals surface area contributed by atoms with Crippen LogP contribution in [0.5, 0.6) is 0 Å². The third kappa shape index (κ3) is 1.45. The van der Waals surface area contributed by atoms with E-state index in [1.165, 1.54) is 19.3 Å². The first kappa shape index (κ1) is 9.71. The maximum atomic E-state index is 5.15. The molecule has 1 saturated carbocycles. The lowest BCUT2D eigenvalue weighted by atomic mass is 9.92. The van der Waals surface area contributed by atoms with Crippen LogP contribution in [0.4, 0.5) is 5.95 Å². The molecule has 2 rings (SSSR count). The molecule has 0 radical (unpaired) electrons. The number of H-pyrrole nitrogens is 1. The lowest BCUT2D eigenvalue weighted by Gasteiger charge is -2.35. The summed E-state index contributed by atoms with van der Waals surface area (Å²) in [5.74, 6) is 0.974. The Bertz CT molecular complexity index is 363. The molecule has 0 unspecified atom stereocenters. The summed E-state index contributed by atoms with van der Waals surface area (Å²) in [4.78, 5) is 2.24. The van der Waals surface area contributed by atoms with E-state index in [0.717, 1.165) is 12.5 Å². The Morgan fingerprint density at radius 2 is 2.36 bits per heavy atom. The summed E-state index contributed by atoms with van der Waals surface area (Å²) in [6, 6.07) is 0.658. The van der Waals surface area contributed by atoms with E-state index in [1.807, 2.05) is 4.57 Å². The zero-order valence-electron chi connectivity index (χ0n) is 8.66. The van der Waals surface area contributed by atoms with Gasteiger partial charge in [0.1, 0.15) is 0 Å². The van der Waals surface area contributed by atoms with Crippen molar-refractivity contribution in [1.82, 2.24) is 14.8 Å². The molecule has 0 amide bonds. The molecule has 1 heterocycles. The van der Waals surface area contributed by atoms with Crippen molar-refractivity contribution in [3.8, 4) is 0 Å².